The molecule has 0 spiro atoms. The Morgan fingerprint density at radius 2 is 1.71 bits per heavy atom. The van der Waals surface area contributed by atoms with E-state index in [1.165, 1.54) is 12.0 Å². The van der Waals surface area contributed by atoms with Crippen LogP contribution in [-0.4, -0.2) is 23.3 Å². The van der Waals surface area contributed by atoms with E-state index in [0.717, 1.165) is 29.0 Å². The van der Waals surface area contributed by atoms with Crippen LogP contribution in [0.15, 0.2) is 53.1 Å². The maximum atomic E-state index is 9.17. The van der Waals surface area contributed by atoms with E-state index in [2.05, 4.69) is 49.2 Å². The second-order valence-corrected chi connectivity index (χ2v) is 5.30. The number of rotatable bonds is 3. The van der Waals surface area contributed by atoms with Crippen LogP contribution in [0.25, 0.3) is 22.7 Å². The van der Waals surface area contributed by atoms with Crippen molar-refractivity contribution in [2.45, 2.75) is 54.4 Å². The van der Waals surface area contributed by atoms with Gasteiger partial charge in [0, 0.05) is 13.4 Å². The number of aromatic amines is 1. The zero-order valence-electron chi connectivity index (χ0n) is 18.0. The number of aldehydes is 1. The molecule has 0 atom stereocenters. The van der Waals surface area contributed by atoms with Crippen LogP contribution in [-0.2, 0) is 9.59 Å². The first-order chi connectivity index (χ1) is 13.7. The van der Waals surface area contributed by atoms with Crippen LogP contribution in [0.1, 0.15) is 54.5 Å². The molecule has 2 heterocycles. The molecule has 1 N–H and O–H groups in total. The second-order valence-electron chi connectivity index (χ2n) is 5.30. The van der Waals surface area contributed by atoms with Crippen LogP contribution in [0.5, 0.6) is 0 Å². The molecule has 0 aliphatic rings. The molecule has 0 bridgehead atoms. The van der Waals surface area contributed by atoms with Gasteiger partial charge in [0.25, 0.3) is 0 Å². The molecule has 0 aliphatic carbocycles. The summed E-state index contributed by atoms with van der Waals surface area (Å²) in [7, 11) is 0. The van der Waals surface area contributed by atoms with Gasteiger partial charge in [-0.3, -0.25) is 5.10 Å². The highest BCUT2D eigenvalue weighted by Crippen LogP contribution is 2.24. The predicted octanol–water partition coefficient (Wildman–Crippen LogP) is 6.74. The van der Waals surface area contributed by atoms with Crippen LogP contribution in [0.3, 0.4) is 0 Å². The van der Waals surface area contributed by atoms with E-state index in [1.807, 2.05) is 51.8 Å². The largest absolute Gasteiger partial charge is 0.463 e. The van der Waals surface area contributed by atoms with Crippen LogP contribution >= 0.6 is 0 Å². The molecular weight excluding hydrogens is 352 g/mol. The molecule has 2 aromatic heterocycles. The van der Waals surface area contributed by atoms with Gasteiger partial charge in [0.2, 0.25) is 0 Å². The highest BCUT2D eigenvalue weighted by molar-refractivity contribution is 5.66. The summed E-state index contributed by atoms with van der Waals surface area (Å²) in [6.07, 6.45) is 4.42. The molecule has 0 saturated heterocycles. The Kier molecular flexibility index (Phi) is 18.3. The average molecular weight is 389 g/mol. The van der Waals surface area contributed by atoms with Crippen molar-refractivity contribution in [2.75, 3.05) is 0 Å². The molecule has 0 amide bonds. The van der Waals surface area contributed by atoms with Gasteiger partial charge in [-0.15, -0.1) is 0 Å². The summed E-state index contributed by atoms with van der Waals surface area (Å²) >= 11 is 0. The van der Waals surface area contributed by atoms with Crippen LogP contribution in [0, 0.1) is 6.92 Å². The van der Waals surface area contributed by atoms with Crippen molar-refractivity contribution in [3.05, 3.63) is 54.3 Å². The lowest BCUT2D eigenvalue weighted by Crippen LogP contribution is -1.78. The summed E-state index contributed by atoms with van der Waals surface area (Å²) < 4.78 is 5.32. The van der Waals surface area contributed by atoms with Crippen molar-refractivity contribution in [1.82, 2.24) is 10.2 Å². The topological polar surface area (TPSA) is 76.0 Å². The fourth-order valence-corrected chi connectivity index (χ4v) is 1.83. The summed E-state index contributed by atoms with van der Waals surface area (Å²) in [5.41, 5.74) is 4.16. The lowest BCUT2D eigenvalue weighted by molar-refractivity contribution is -0.107. The highest BCUT2D eigenvalue weighted by atomic mass is 16.3. The minimum absolute atomic E-state index is 0. The number of nitrogens with one attached hydrogen (secondary N) is 1. The van der Waals surface area contributed by atoms with E-state index in [1.54, 1.807) is 6.26 Å². The van der Waals surface area contributed by atoms with Crippen molar-refractivity contribution in [3.8, 4) is 22.7 Å². The molecule has 5 heteroatoms. The molecule has 0 aliphatic heterocycles. The molecule has 156 valence electrons. The van der Waals surface area contributed by atoms with Gasteiger partial charge in [0.15, 0.2) is 5.76 Å². The number of aromatic nitrogens is 2. The normalized spacial score (nSPS) is 8.36. The van der Waals surface area contributed by atoms with E-state index >= 15 is 0 Å². The third kappa shape index (κ3) is 10.9. The minimum atomic E-state index is 0. The van der Waals surface area contributed by atoms with E-state index in [9.17, 15) is 4.79 Å². The van der Waals surface area contributed by atoms with Crippen LogP contribution in [0.2, 0.25) is 0 Å². The number of carbonyl (C=O) groups is 2. The molecule has 3 rings (SSSR count). The van der Waals surface area contributed by atoms with Gasteiger partial charge in [0.05, 0.1) is 12.0 Å². The number of benzene rings is 1. The first kappa shape index (κ1) is 27.3. The third-order valence-electron chi connectivity index (χ3n) is 2.85. The Labute approximate surface area is 170 Å². The Bertz CT molecular complexity index is 725. The predicted molar refractivity (Wildman–Crippen MR) is 119 cm³/mol. The van der Waals surface area contributed by atoms with Crippen molar-refractivity contribution in [3.63, 3.8) is 0 Å². The molecule has 1 aromatic carbocycles. The van der Waals surface area contributed by atoms with E-state index in [-0.39, 0.29) is 1.43 Å². The van der Waals surface area contributed by atoms with Crippen molar-refractivity contribution in [1.29, 1.82) is 0 Å². The first-order valence-electron chi connectivity index (χ1n) is 9.55. The number of H-pyrrole nitrogens is 1. The molecular formula is C23H36N2O3. The SMILES string of the molecule is C=O.CC.CCC.CCC=O.Cc1cccc(-c2cc(-c3ccco3)[nH]n2)c1.[HH]. The zero-order valence-corrected chi connectivity index (χ0v) is 18.0. The van der Waals surface area contributed by atoms with Crippen molar-refractivity contribution in [2.24, 2.45) is 0 Å². The van der Waals surface area contributed by atoms with Gasteiger partial charge in [-0.1, -0.05) is 64.8 Å². The number of nitrogens with zero attached hydrogens (tertiary/aromatic N) is 1. The van der Waals surface area contributed by atoms with Crippen molar-refractivity contribution < 1.29 is 15.4 Å². The minimum Gasteiger partial charge on any atom is -0.463 e. The molecule has 0 fully saturated rings. The van der Waals surface area contributed by atoms with Gasteiger partial charge in [-0.2, -0.15) is 5.10 Å². The summed E-state index contributed by atoms with van der Waals surface area (Å²) in [5, 5.41) is 7.28. The van der Waals surface area contributed by atoms with Gasteiger partial charge in [-0.05, 0) is 31.2 Å². The zero-order chi connectivity index (χ0) is 21.8. The lowest BCUT2D eigenvalue weighted by atomic mass is 10.1. The lowest BCUT2D eigenvalue weighted by Gasteiger charge is -1.96. The standard InChI is InChI=1S/C14H12N2O.C3H6O.C3H8.C2H6.CH2O.H2/c1-10-4-2-5-11(8-10)12-9-13(16-15-12)14-6-3-7-17-14;1-2-3-4;1-3-2;2*1-2;/h2-9H,1H3,(H,15,16);3H,2H2,1H3;3H2,1-2H3;1-2H3;1H2;1H. The quantitative estimate of drug-likeness (QED) is 0.504. The molecule has 0 saturated carbocycles. The van der Waals surface area contributed by atoms with Gasteiger partial charge >= 0.3 is 0 Å². The summed E-state index contributed by atoms with van der Waals surface area (Å²) in [5.74, 6) is 0.802. The Hall–Kier alpha value is -2.95. The number of hydrogen-bond acceptors (Lipinski definition) is 4. The van der Waals surface area contributed by atoms with Crippen LogP contribution in [0.4, 0.5) is 0 Å². The average Bonchev–Trinajstić information content (AvgIpc) is 3.44. The molecule has 0 radical (unpaired) electrons. The Morgan fingerprint density at radius 1 is 1.11 bits per heavy atom. The number of furan rings is 1. The number of aryl methyl sites for hydroxylation is 1. The Morgan fingerprint density at radius 3 is 2.18 bits per heavy atom. The number of carbonyl (C=O) groups excluding carboxylic acids is 2. The highest BCUT2D eigenvalue weighted by Gasteiger charge is 2.07. The summed E-state index contributed by atoms with van der Waals surface area (Å²) in [4.78, 5) is 17.2. The van der Waals surface area contributed by atoms with E-state index in [0.29, 0.717) is 6.42 Å². The monoisotopic (exact) mass is 388 g/mol. The van der Waals surface area contributed by atoms with E-state index < -0.39 is 0 Å². The van der Waals surface area contributed by atoms with Crippen molar-refractivity contribution >= 4 is 13.1 Å². The van der Waals surface area contributed by atoms with Gasteiger partial charge in [-0.25, -0.2) is 0 Å². The maximum absolute atomic E-state index is 9.17. The number of hydrogen-bond donors (Lipinski definition) is 1. The van der Waals surface area contributed by atoms with Crippen LogP contribution < -0.4 is 0 Å². The maximum Gasteiger partial charge on any atom is 0.151 e. The first-order valence-corrected chi connectivity index (χ1v) is 9.55. The fourth-order valence-electron chi connectivity index (χ4n) is 1.83. The molecule has 28 heavy (non-hydrogen) atoms. The Balaban J connectivity index is -0.000000482. The molecule has 5 nitrogen and oxygen atoms in total. The van der Waals surface area contributed by atoms with E-state index in [4.69, 9.17) is 9.21 Å². The summed E-state index contributed by atoms with van der Waals surface area (Å²) in [6.45, 7) is 14.1. The summed E-state index contributed by atoms with van der Waals surface area (Å²) in [6, 6.07) is 14.0. The molecule has 3 aromatic rings. The van der Waals surface area contributed by atoms with Gasteiger partial charge in [0.1, 0.15) is 18.8 Å². The second kappa shape index (κ2) is 18.8. The fraction of sp³-hybridized carbons (Fsp3) is 0.348. The molecule has 0 unspecified atom stereocenters. The smallest absolute Gasteiger partial charge is 0.151 e. The third-order valence-corrected chi connectivity index (χ3v) is 2.85. The van der Waals surface area contributed by atoms with Gasteiger partial charge < -0.3 is 14.0 Å².